The molecule has 0 aliphatic carbocycles. The SMILES string of the molecule is CCC(=O)N(CC(=O)N1CCN(c2ccc(-c3ccc(C)cc3)nn2)CC1)Cc1ccc2c(c1)OCO2. The van der Waals surface area contributed by atoms with Gasteiger partial charge in [-0.25, -0.2) is 0 Å². The number of ether oxygens (including phenoxy) is 2. The summed E-state index contributed by atoms with van der Waals surface area (Å²) in [5, 5.41) is 8.83. The third-order valence-electron chi connectivity index (χ3n) is 6.75. The Balaban J connectivity index is 1.17. The number of hydrogen-bond acceptors (Lipinski definition) is 7. The van der Waals surface area contributed by atoms with E-state index in [1.54, 1.807) is 4.90 Å². The Labute approximate surface area is 216 Å². The first-order chi connectivity index (χ1) is 18.0. The van der Waals surface area contributed by atoms with E-state index in [1.165, 1.54) is 5.56 Å². The van der Waals surface area contributed by atoms with Gasteiger partial charge < -0.3 is 24.2 Å². The van der Waals surface area contributed by atoms with Crippen molar-refractivity contribution >= 4 is 17.6 Å². The number of aryl methyl sites for hydroxylation is 1. The second-order valence-electron chi connectivity index (χ2n) is 9.30. The molecule has 37 heavy (non-hydrogen) atoms. The Morgan fingerprint density at radius 3 is 2.38 bits per heavy atom. The highest BCUT2D eigenvalue weighted by Gasteiger charge is 2.25. The van der Waals surface area contributed by atoms with Crippen molar-refractivity contribution in [2.75, 3.05) is 44.4 Å². The lowest BCUT2D eigenvalue weighted by Gasteiger charge is -2.36. The van der Waals surface area contributed by atoms with Crippen LogP contribution in [0, 0.1) is 6.92 Å². The maximum absolute atomic E-state index is 13.1. The summed E-state index contributed by atoms with van der Waals surface area (Å²) in [6, 6.07) is 17.8. The zero-order chi connectivity index (χ0) is 25.8. The highest BCUT2D eigenvalue weighted by Crippen LogP contribution is 2.33. The number of carbonyl (C=O) groups excluding carboxylic acids is 2. The summed E-state index contributed by atoms with van der Waals surface area (Å²) in [6.45, 7) is 6.91. The fourth-order valence-corrected chi connectivity index (χ4v) is 4.54. The molecule has 0 saturated carbocycles. The quantitative estimate of drug-likeness (QED) is 0.491. The normalized spacial score (nSPS) is 14.5. The van der Waals surface area contributed by atoms with Crippen molar-refractivity contribution in [2.45, 2.75) is 26.8 Å². The van der Waals surface area contributed by atoms with Gasteiger partial charge in [0.2, 0.25) is 18.6 Å². The van der Waals surface area contributed by atoms with Crippen molar-refractivity contribution in [3.05, 3.63) is 65.7 Å². The first kappa shape index (κ1) is 24.5. The van der Waals surface area contributed by atoms with Gasteiger partial charge >= 0.3 is 0 Å². The molecule has 2 amide bonds. The van der Waals surface area contributed by atoms with Gasteiger partial charge in [-0.2, -0.15) is 0 Å². The molecule has 2 aliphatic heterocycles. The Bertz CT molecular complexity index is 1250. The summed E-state index contributed by atoms with van der Waals surface area (Å²) in [6.07, 6.45) is 0.336. The number of carbonyl (C=O) groups is 2. The second-order valence-corrected chi connectivity index (χ2v) is 9.30. The van der Waals surface area contributed by atoms with E-state index in [4.69, 9.17) is 9.47 Å². The summed E-state index contributed by atoms with van der Waals surface area (Å²) in [7, 11) is 0. The molecular formula is C28H31N5O4. The van der Waals surface area contributed by atoms with Crippen molar-refractivity contribution in [1.82, 2.24) is 20.0 Å². The third kappa shape index (κ3) is 5.66. The molecule has 9 nitrogen and oxygen atoms in total. The fourth-order valence-electron chi connectivity index (χ4n) is 4.54. The van der Waals surface area contributed by atoms with E-state index in [1.807, 2.05) is 54.3 Å². The summed E-state index contributed by atoms with van der Waals surface area (Å²) >= 11 is 0. The molecule has 3 heterocycles. The first-order valence-corrected chi connectivity index (χ1v) is 12.6. The van der Waals surface area contributed by atoms with Crippen LogP contribution in [0.2, 0.25) is 0 Å². The number of benzene rings is 2. The van der Waals surface area contributed by atoms with Crippen LogP contribution < -0.4 is 14.4 Å². The molecule has 0 spiro atoms. The second kappa shape index (κ2) is 10.9. The van der Waals surface area contributed by atoms with Crippen LogP contribution in [0.1, 0.15) is 24.5 Å². The van der Waals surface area contributed by atoms with Gasteiger partial charge in [-0.05, 0) is 36.8 Å². The highest BCUT2D eigenvalue weighted by molar-refractivity contribution is 5.85. The summed E-state index contributed by atoms with van der Waals surface area (Å²) < 4.78 is 10.8. The lowest BCUT2D eigenvalue weighted by molar-refractivity contribution is -0.141. The van der Waals surface area contributed by atoms with Crippen molar-refractivity contribution < 1.29 is 19.1 Å². The van der Waals surface area contributed by atoms with E-state index < -0.39 is 0 Å². The molecule has 1 saturated heterocycles. The monoisotopic (exact) mass is 501 g/mol. The molecule has 5 rings (SSSR count). The Morgan fingerprint density at radius 1 is 0.919 bits per heavy atom. The minimum absolute atomic E-state index is 0.0478. The predicted molar refractivity (Wildman–Crippen MR) is 139 cm³/mol. The van der Waals surface area contributed by atoms with Gasteiger partial charge in [0.1, 0.15) is 6.54 Å². The first-order valence-electron chi connectivity index (χ1n) is 12.6. The van der Waals surface area contributed by atoms with Crippen LogP contribution in [-0.4, -0.2) is 71.3 Å². The minimum Gasteiger partial charge on any atom is -0.454 e. The number of aromatic nitrogens is 2. The Kier molecular flexibility index (Phi) is 7.20. The maximum Gasteiger partial charge on any atom is 0.242 e. The smallest absolute Gasteiger partial charge is 0.242 e. The number of amides is 2. The van der Waals surface area contributed by atoms with Crippen LogP contribution in [0.4, 0.5) is 5.82 Å². The number of fused-ring (bicyclic) bond motifs is 1. The van der Waals surface area contributed by atoms with Crippen molar-refractivity contribution in [1.29, 1.82) is 0 Å². The van der Waals surface area contributed by atoms with Gasteiger partial charge in [0.05, 0.1) is 5.69 Å². The van der Waals surface area contributed by atoms with Gasteiger partial charge in [-0.3, -0.25) is 9.59 Å². The van der Waals surface area contributed by atoms with Gasteiger partial charge in [-0.15, -0.1) is 10.2 Å². The van der Waals surface area contributed by atoms with E-state index in [0.717, 1.165) is 22.6 Å². The lowest BCUT2D eigenvalue weighted by atomic mass is 10.1. The molecule has 0 bridgehead atoms. The third-order valence-corrected chi connectivity index (χ3v) is 6.75. The van der Waals surface area contributed by atoms with Gasteiger partial charge in [0, 0.05) is 44.7 Å². The average Bonchev–Trinajstić information content (AvgIpc) is 3.41. The zero-order valence-corrected chi connectivity index (χ0v) is 21.2. The van der Waals surface area contributed by atoms with Crippen LogP contribution in [0.25, 0.3) is 11.3 Å². The topological polar surface area (TPSA) is 88.1 Å². The van der Waals surface area contributed by atoms with Crippen molar-refractivity contribution in [3.8, 4) is 22.8 Å². The van der Waals surface area contributed by atoms with E-state index >= 15 is 0 Å². The molecule has 0 N–H and O–H groups in total. The summed E-state index contributed by atoms with van der Waals surface area (Å²) in [5.41, 5.74) is 3.97. The molecule has 3 aromatic rings. The molecule has 0 radical (unpaired) electrons. The standard InChI is InChI=1S/C28H31N5O4/c1-3-27(34)33(17-21-6-10-24-25(16-21)37-19-36-24)18-28(35)32-14-12-31(13-15-32)26-11-9-23(29-30-26)22-7-4-20(2)5-8-22/h4-11,16H,3,12-15,17-19H2,1-2H3. The molecule has 0 unspecified atom stereocenters. The lowest BCUT2D eigenvalue weighted by Crippen LogP contribution is -2.52. The van der Waals surface area contributed by atoms with Crippen LogP contribution in [0.15, 0.2) is 54.6 Å². The number of hydrogen-bond donors (Lipinski definition) is 0. The van der Waals surface area contributed by atoms with E-state index in [0.29, 0.717) is 50.6 Å². The maximum atomic E-state index is 13.1. The molecule has 0 atom stereocenters. The van der Waals surface area contributed by atoms with E-state index in [9.17, 15) is 9.59 Å². The zero-order valence-electron chi connectivity index (χ0n) is 21.2. The summed E-state index contributed by atoms with van der Waals surface area (Å²) in [4.78, 5) is 31.3. The van der Waals surface area contributed by atoms with Gasteiger partial charge in [0.15, 0.2) is 17.3 Å². The number of anilines is 1. The fraction of sp³-hybridized carbons (Fsp3) is 0.357. The van der Waals surface area contributed by atoms with Crippen LogP contribution >= 0.6 is 0 Å². The average molecular weight is 502 g/mol. The van der Waals surface area contributed by atoms with Gasteiger partial charge in [0.25, 0.3) is 0 Å². The molecule has 9 heteroatoms. The molecule has 1 aromatic heterocycles. The number of piperazine rings is 1. The molecule has 2 aliphatic rings. The molecular weight excluding hydrogens is 470 g/mol. The Hall–Kier alpha value is -4.14. The molecule has 2 aromatic carbocycles. The molecule has 1 fully saturated rings. The summed E-state index contributed by atoms with van der Waals surface area (Å²) in [5.74, 6) is 2.05. The Morgan fingerprint density at radius 2 is 1.68 bits per heavy atom. The van der Waals surface area contributed by atoms with Gasteiger partial charge in [-0.1, -0.05) is 42.8 Å². The predicted octanol–water partition coefficient (Wildman–Crippen LogP) is 3.27. The van der Waals surface area contributed by atoms with Crippen LogP contribution in [-0.2, 0) is 16.1 Å². The molecule has 192 valence electrons. The number of nitrogens with zero attached hydrogens (tertiary/aromatic N) is 5. The number of rotatable bonds is 7. The minimum atomic E-state index is -0.0615. The van der Waals surface area contributed by atoms with E-state index in [-0.39, 0.29) is 25.2 Å². The van der Waals surface area contributed by atoms with Crippen LogP contribution in [0.5, 0.6) is 11.5 Å². The van der Waals surface area contributed by atoms with E-state index in [2.05, 4.69) is 34.2 Å². The van der Waals surface area contributed by atoms with Crippen molar-refractivity contribution in [2.24, 2.45) is 0 Å². The van der Waals surface area contributed by atoms with Crippen LogP contribution in [0.3, 0.4) is 0 Å². The van der Waals surface area contributed by atoms with Crippen molar-refractivity contribution in [3.63, 3.8) is 0 Å². The highest BCUT2D eigenvalue weighted by atomic mass is 16.7. The largest absolute Gasteiger partial charge is 0.454 e.